The van der Waals surface area contributed by atoms with Crippen molar-refractivity contribution >= 4 is 0 Å². The standard InChI is InChI=1S/C8H12F3NO/c1-6(5-13)3-4-7(12-2)8(9,10)11/h3-4,12-13H,5H2,1-2H3/b6-3+,7-4-. The molecule has 0 aliphatic rings. The Hall–Kier alpha value is -0.970. The van der Waals surface area contributed by atoms with Gasteiger partial charge in [0, 0.05) is 7.05 Å². The zero-order valence-electron chi connectivity index (χ0n) is 7.44. The van der Waals surface area contributed by atoms with Gasteiger partial charge in [0.1, 0.15) is 5.70 Å². The number of nitrogens with one attached hydrogen (secondary N) is 1. The van der Waals surface area contributed by atoms with E-state index in [1.54, 1.807) is 6.92 Å². The van der Waals surface area contributed by atoms with Crippen LogP contribution in [0, 0.1) is 0 Å². The van der Waals surface area contributed by atoms with Crippen LogP contribution in [0.4, 0.5) is 13.2 Å². The van der Waals surface area contributed by atoms with Crippen molar-refractivity contribution in [3.8, 4) is 0 Å². The van der Waals surface area contributed by atoms with Crippen molar-refractivity contribution in [1.82, 2.24) is 5.32 Å². The van der Waals surface area contributed by atoms with Crippen LogP contribution in [0.15, 0.2) is 23.4 Å². The lowest BCUT2D eigenvalue weighted by atomic mass is 10.2. The molecule has 5 heteroatoms. The smallest absolute Gasteiger partial charge is 0.392 e. The van der Waals surface area contributed by atoms with Gasteiger partial charge in [-0.15, -0.1) is 0 Å². The Bertz CT molecular complexity index is 218. The monoisotopic (exact) mass is 195 g/mol. The molecule has 2 N–H and O–H groups in total. The van der Waals surface area contributed by atoms with Crippen LogP contribution in [0.3, 0.4) is 0 Å². The van der Waals surface area contributed by atoms with E-state index in [0.717, 1.165) is 6.08 Å². The van der Waals surface area contributed by atoms with Crippen molar-refractivity contribution in [2.24, 2.45) is 0 Å². The Morgan fingerprint density at radius 3 is 2.23 bits per heavy atom. The normalized spacial score (nSPS) is 14.6. The van der Waals surface area contributed by atoms with Crippen LogP contribution in [0.25, 0.3) is 0 Å². The van der Waals surface area contributed by atoms with Gasteiger partial charge in [-0.2, -0.15) is 13.2 Å². The van der Waals surface area contributed by atoms with Gasteiger partial charge in [-0.1, -0.05) is 6.08 Å². The molecule has 2 nitrogen and oxygen atoms in total. The third kappa shape index (κ3) is 4.57. The predicted octanol–water partition coefficient (Wildman–Crippen LogP) is 1.59. The number of alkyl halides is 3. The molecule has 0 amide bonds. The summed E-state index contributed by atoms with van der Waals surface area (Å²) in [7, 11) is 1.20. The second-order valence-electron chi connectivity index (χ2n) is 2.50. The highest BCUT2D eigenvalue weighted by atomic mass is 19.4. The lowest BCUT2D eigenvalue weighted by Gasteiger charge is -2.09. The second kappa shape index (κ2) is 4.91. The highest BCUT2D eigenvalue weighted by Gasteiger charge is 2.32. The maximum Gasteiger partial charge on any atom is 0.430 e. The minimum Gasteiger partial charge on any atom is -0.392 e. The SMILES string of the molecule is CN/C(=C\C=C(/C)CO)C(F)(F)F. The summed E-state index contributed by atoms with van der Waals surface area (Å²) < 4.78 is 36.2. The summed E-state index contributed by atoms with van der Waals surface area (Å²) >= 11 is 0. The summed E-state index contributed by atoms with van der Waals surface area (Å²) in [6, 6.07) is 0. The van der Waals surface area contributed by atoms with E-state index in [2.05, 4.69) is 0 Å². The molecule has 0 aliphatic carbocycles. The fourth-order valence-electron chi connectivity index (χ4n) is 0.598. The van der Waals surface area contributed by atoms with Gasteiger partial charge in [0.05, 0.1) is 6.61 Å². The van der Waals surface area contributed by atoms with Crippen molar-refractivity contribution in [1.29, 1.82) is 0 Å². The van der Waals surface area contributed by atoms with Gasteiger partial charge in [-0.05, 0) is 18.6 Å². The van der Waals surface area contributed by atoms with E-state index in [4.69, 9.17) is 5.11 Å². The van der Waals surface area contributed by atoms with Crippen LogP contribution < -0.4 is 5.32 Å². The first-order valence-electron chi connectivity index (χ1n) is 3.65. The fraction of sp³-hybridized carbons (Fsp3) is 0.500. The minimum atomic E-state index is -4.37. The zero-order valence-corrected chi connectivity index (χ0v) is 7.44. The molecule has 0 rings (SSSR count). The van der Waals surface area contributed by atoms with Crippen molar-refractivity contribution in [3.63, 3.8) is 0 Å². The third-order valence-corrected chi connectivity index (χ3v) is 1.36. The highest BCUT2D eigenvalue weighted by Crippen LogP contribution is 2.22. The van der Waals surface area contributed by atoms with Crippen LogP contribution in [0.1, 0.15) is 6.92 Å². The molecule has 76 valence electrons. The first-order valence-corrected chi connectivity index (χ1v) is 3.65. The second-order valence-corrected chi connectivity index (χ2v) is 2.50. The van der Waals surface area contributed by atoms with Gasteiger partial charge in [0.25, 0.3) is 0 Å². The number of hydrogen-bond donors (Lipinski definition) is 2. The van der Waals surface area contributed by atoms with Gasteiger partial charge >= 0.3 is 6.18 Å². The number of hydrogen-bond acceptors (Lipinski definition) is 2. The average Bonchev–Trinajstić information content (AvgIpc) is 2.02. The molecule has 0 saturated heterocycles. The van der Waals surface area contributed by atoms with Gasteiger partial charge in [-0.25, -0.2) is 0 Å². The number of halogens is 3. The lowest BCUT2D eigenvalue weighted by Crippen LogP contribution is -2.22. The lowest BCUT2D eigenvalue weighted by molar-refractivity contribution is -0.0959. The van der Waals surface area contributed by atoms with Crippen LogP contribution in [0.5, 0.6) is 0 Å². The summed E-state index contributed by atoms with van der Waals surface area (Å²) in [6.07, 6.45) is -2.26. The molecule has 0 saturated carbocycles. The van der Waals surface area contributed by atoms with E-state index < -0.39 is 11.9 Å². The number of aliphatic hydroxyl groups excluding tert-OH is 1. The summed E-state index contributed by atoms with van der Waals surface area (Å²) in [5.41, 5.74) is -0.364. The van der Waals surface area contributed by atoms with Gasteiger partial charge < -0.3 is 10.4 Å². The molecule has 0 aliphatic heterocycles. The number of aliphatic hydroxyl groups is 1. The molecule has 0 aromatic rings. The van der Waals surface area contributed by atoms with E-state index in [1.165, 1.54) is 13.1 Å². The van der Waals surface area contributed by atoms with Crippen molar-refractivity contribution < 1.29 is 18.3 Å². The van der Waals surface area contributed by atoms with E-state index in [-0.39, 0.29) is 6.61 Å². The quantitative estimate of drug-likeness (QED) is 0.670. The third-order valence-electron chi connectivity index (χ3n) is 1.36. The molecule has 0 radical (unpaired) electrons. The summed E-state index contributed by atoms with van der Waals surface area (Å²) in [5.74, 6) is 0. The maximum absolute atomic E-state index is 12.1. The van der Waals surface area contributed by atoms with E-state index in [0.29, 0.717) is 5.57 Å². The van der Waals surface area contributed by atoms with Crippen molar-refractivity contribution in [2.75, 3.05) is 13.7 Å². The summed E-state index contributed by atoms with van der Waals surface area (Å²) in [6.45, 7) is 1.30. The van der Waals surface area contributed by atoms with E-state index in [9.17, 15) is 13.2 Å². The van der Waals surface area contributed by atoms with Crippen LogP contribution in [-0.4, -0.2) is 24.9 Å². The van der Waals surface area contributed by atoms with Crippen LogP contribution in [0.2, 0.25) is 0 Å². The van der Waals surface area contributed by atoms with Crippen LogP contribution in [-0.2, 0) is 0 Å². The van der Waals surface area contributed by atoms with Gasteiger partial charge in [0.2, 0.25) is 0 Å². The van der Waals surface area contributed by atoms with Crippen molar-refractivity contribution in [2.45, 2.75) is 13.1 Å². The molecule has 0 bridgehead atoms. The molecule has 0 aromatic carbocycles. The molecular weight excluding hydrogens is 183 g/mol. The number of allylic oxidation sites excluding steroid dienone is 3. The maximum atomic E-state index is 12.1. The molecule has 0 aromatic heterocycles. The van der Waals surface area contributed by atoms with Gasteiger partial charge in [0.15, 0.2) is 0 Å². The highest BCUT2D eigenvalue weighted by molar-refractivity contribution is 5.18. The molecular formula is C8H12F3NO. The Kier molecular flexibility index (Phi) is 4.55. The Morgan fingerprint density at radius 2 is 1.92 bits per heavy atom. The average molecular weight is 195 g/mol. The summed E-state index contributed by atoms with van der Waals surface area (Å²) in [5, 5.41) is 10.6. The molecule has 0 heterocycles. The Balaban J connectivity index is 4.59. The molecule has 0 fully saturated rings. The van der Waals surface area contributed by atoms with E-state index in [1.807, 2.05) is 5.32 Å². The predicted molar refractivity (Wildman–Crippen MR) is 44.0 cm³/mol. The van der Waals surface area contributed by atoms with E-state index >= 15 is 0 Å². The Morgan fingerprint density at radius 1 is 1.38 bits per heavy atom. The number of rotatable bonds is 3. The van der Waals surface area contributed by atoms with Crippen LogP contribution >= 0.6 is 0 Å². The first kappa shape index (κ1) is 12.0. The topological polar surface area (TPSA) is 32.3 Å². The minimum absolute atomic E-state index is 0.245. The molecule has 0 unspecified atom stereocenters. The van der Waals surface area contributed by atoms with Crippen molar-refractivity contribution in [3.05, 3.63) is 23.4 Å². The fourth-order valence-corrected chi connectivity index (χ4v) is 0.598. The Labute approximate surface area is 74.8 Å². The first-order chi connectivity index (χ1) is 5.91. The zero-order chi connectivity index (χ0) is 10.5. The largest absolute Gasteiger partial charge is 0.430 e. The molecule has 0 spiro atoms. The molecule has 0 atom stereocenters. The molecule has 13 heavy (non-hydrogen) atoms. The summed E-state index contributed by atoms with van der Waals surface area (Å²) in [4.78, 5) is 0. The van der Waals surface area contributed by atoms with Gasteiger partial charge in [-0.3, -0.25) is 0 Å².